The summed E-state index contributed by atoms with van der Waals surface area (Å²) >= 11 is 0. The molecule has 0 amide bonds. The lowest BCUT2D eigenvalue weighted by atomic mass is 10.1. The van der Waals surface area contributed by atoms with Crippen molar-refractivity contribution in [3.63, 3.8) is 0 Å². The number of methoxy groups -OCH3 is 1. The van der Waals surface area contributed by atoms with Crippen molar-refractivity contribution in [3.8, 4) is 0 Å². The zero-order chi connectivity index (χ0) is 13.7. The van der Waals surface area contributed by atoms with E-state index in [1.165, 1.54) is 7.11 Å². The molecule has 1 N–H and O–H groups in total. The van der Waals surface area contributed by atoms with Crippen molar-refractivity contribution in [3.05, 3.63) is 47.8 Å². The molecule has 0 fully saturated rings. The first kappa shape index (κ1) is 14.0. The number of nitrogens with one attached hydrogen (secondary N) is 1. The van der Waals surface area contributed by atoms with Gasteiger partial charge in [-0.1, -0.05) is 36.4 Å². The SMILES string of the molecule is COC(=O)[C@H](Cc1ccccc1)NP1(=O)C=CCC1. The van der Waals surface area contributed by atoms with Crippen molar-refractivity contribution in [2.45, 2.75) is 18.9 Å². The van der Waals surface area contributed by atoms with Crippen LogP contribution in [-0.4, -0.2) is 25.3 Å². The maximum Gasteiger partial charge on any atom is 0.323 e. The molecule has 1 heterocycles. The van der Waals surface area contributed by atoms with Crippen LogP contribution in [-0.2, 0) is 20.5 Å². The highest BCUT2D eigenvalue weighted by Crippen LogP contribution is 2.48. The van der Waals surface area contributed by atoms with Crippen LogP contribution in [0.1, 0.15) is 12.0 Å². The average molecular weight is 279 g/mol. The third kappa shape index (κ3) is 3.79. The standard InChI is InChI=1S/C14H18NO3P/c1-18-14(16)13(11-12-7-3-2-4-8-12)15-19(17)9-5-6-10-19/h2-5,7-9,13H,6,10-11H2,1H3,(H,15,17)/t13-,19?/m0/s1. The van der Waals surface area contributed by atoms with Crippen molar-refractivity contribution in [2.75, 3.05) is 13.3 Å². The number of rotatable bonds is 5. The molecule has 1 aromatic rings. The van der Waals surface area contributed by atoms with E-state index in [4.69, 9.17) is 4.74 Å². The van der Waals surface area contributed by atoms with E-state index in [1.807, 2.05) is 36.4 Å². The van der Waals surface area contributed by atoms with Gasteiger partial charge in [-0.3, -0.25) is 4.79 Å². The Labute approximate surface area is 113 Å². The van der Waals surface area contributed by atoms with E-state index >= 15 is 0 Å². The highest BCUT2D eigenvalue weighted by molar-refractivity contribution is 7.65. The van der Waals surface area contributed by atoms with E-state index in [2.05, 4.69) is 5.09 Å². The Bertz CT molecular complexity index is 513. The zero-order valence-corrected chi connectivity index (χ0v) is 11.8. The molecule has 19 heavy (non-hydrogen) atoms. The van der Waals surface area contributed by atoms with Gasteiger partial charge in [-0.15, -0.1) is 0 Å². The van der Waals surface area contributed by atoms with Gasteiger partial charge in [0.05, 0.1) is 7.11 Å². The van der Waals surface area contributed by atoms with Gasteiger partial charge in [0.15, 0.2) is 7.29 Å². The second-order valence-corrected chi connectivity index (χ2v) is 7.18. The Balaban J connectivity index is 2.10. The summed E-state index contributed by atoms with van der Waals surface area (Å²) < 4.78 is 17.2. The minimum absolute atomic E-state index is 0.376. The number of carbonyl (C=O) groups is 1. The Morgan fingerprint density at radius 3 is 2.74 bits per heavy atom. The van der Waals surface area contributed by atoms with Crippen LogP contribution in [0.5, 0.6) is 0 Å². The molecule has 0 saturated heterocycles. The lowest BCUT2D eigenvalue weighted by molar-refractivity contribution is -0.142. The van der Waals surface area contributed by atoms with Crippen molar-refractivity contribution in [2.24, 2.45) is 0 Å². The van der Waals surface area contributed by atoms with Gasteiger partial charge in [0, 0.05) is 6.16 Å². The molecule has 2 atom stereocenters. The van der Waals surface area contributed by atoms with Crippen LogP contribution < -0.4 is 5.09 Å². The van der Waals surface area contributed by atoms with Gasteiger partial charge >= 0.3 is 5.97 Å². The van der Waals surface area contributed by atoms with Crippen LogP contribution >= 0.6 is 7.29 Å². The topological polar surface area (TPSA) is 55.4 Å². The van der Waals surface area contributed by atoms with Crippen LogP contribution in [0.15, 0.2) is 42.2 Å². The number of allylic oxidation sites excluding steroid dienone is 1. The van der Waals surface area contributed by atoms with Gasteiger partial charge in [-0.25, -0.2) is 5.09 Å². The molecule has 4 nitrogen and oxygen atoms in total. The monoisotopic (exact) mass is 279 g/mol. The molecule has 0 spiro atoms. The number of benzene rings is 1. The quantitative estimate of drug-likeness (QED) is 0.665. The highest BCUT2D eigenvalue weighted by atomic mass is 31.2. The molecule has 0 radical (unpaired) electrons. The molecule has 1 aliphatic heterocycles. The molecule has 0 aromatic heterocycles. The van der Waals surface area contributed by atoms with E-state index in [1.54, 1.807) is 5.82 Å². The summed E-state index contributed by atoms with van der Waals surface area (Å²) in [5.74, 6) is 1.33. The van der Waals surface area contributed by atoms with Crippen LogP contribution in [0.2, 0.25) is 0 Å². The molecule has 1 unspecified atom stereocenters. The fourth-order valence-electron chi connectivity index (χ4n) is 2.13. The first-order valence-electron chi connectivity index (χ1n) is 6.29. The molecule has 2 rings (SSSR count). The van der Waals surface area contributed by atoms with Crippen LogP contribution in [0.25, 0.3) is 0 Å². The van der Waals surface area contributed by atoms with E-state index in [9.17, 15) is 9.36 Å². The minimum atomic E-state index is -2.56. The van der Waals surface area contributed by atoms with Gasteiger partial charge in [0.2, 0.25) is 0 Å². The smallest absolute Gasteiger partial charge is 0.323 e. The van der Waals surface area contributed by atoms with E-state index in [0.717, 1.165) is 12.0 Å². The second kappa shape index (κ2) is 6.18. The lowest BCUT2D eigenvalue weighted by Gasteiger charge is -2.20. The molecule has 5 heteroatoms. The average Bonchev–Trinajstić information content (AvgIpc) is 2.85. The zero-order valence-electron chi connectivity index (χ0n) is 10.9. The third-order valence-corrected chi connectivity index (χ3v) is 5.48. The molecule has 102 valence electrons. The fourth-order valence-corrected chi connectivity index (χ4v) is 4.24. The second-order valence-electron chi connectivity index (χ2n) is 4.59. The van der Waals surface area contributed by atoms with Crippen LogP contribution in [0.3, 0.4) is 0 Å². The fraction of sp³-hybridized carbons (Fsp3) is 0.357. The Hall–Kier alpha value is -1.38. The molecule has 0 saturated carbocycles. The van der Waals surface area contributed by atoms with Crippen molar-refractivity contribution in [1.82, 2.24) is 5.09 Å². The van der Waals surface area contributed by atoms with Gasteiger partial charge in [-0.05, 0) is 24.2 Å². The van der Waals surface area contributed by atoms with Crippen LogP contribution in [0, 0.1) is 0 Å². The van der Waals surface area contributed by atoms with E-state index in [0.29, 0.717) is 12.6 Å². The minimum Gasteiger partial charge on any atom is -0.468 e. The summed E-state index contributed by atoms with van der Waals surface area (Å²) in [4.78, 5) is 11.8. The first-order valence-corrected chi connectivity index (χ1v) is 8.25. The molecule has 1 aromatic carbocycles. The molecule has 1 aliphatic rings. The Kier molecular flexibility index (Phi) is 4.56. The summed E-state index contributed by atoms with van der Waals surface area (Å²) in [6.07, 6.45) is 3.74. The summed E-state index contributed by atoms with van der Waals surface area (Å²) in [6.45, 7) is 0. The van der Waals surface area contributed by atoms with Crippen molar-refractivity contribution >= 4 is 13.3 Å². The van der Waals surface area contributed by atoms with Gasteiger partial charge < -0.3 is 9.30 Å². The summed E-state index contributed by atoms with van der Waals surface area (Å²) in [6, 6.07) is 9.07. The maximum absolute atomic E-state index is 12.4. The van der Waals surface area contributed by atoms with E-state index < -0.39 is 13.3 Å². The summed E-state index contributed by atoms with van der Waals surface area (Å²) in [7, 11) is -1.21. The van der Waals surface area contributed by atoms with Gasteiger partial charge in [-0.2, -0.15) is 0 Å². The molecule has 0 bridgehead atoms. The number of carbonyl (C=O) groups excluding carboxylic acids is 1. The number of esters is 1. The van der Waals surface area contributed by atoms with Gasteiger partial charge in [0.1, 0.15) is 6.04 Å². The number of hydrogen-bond acceptors (Lipinski definition) is 3. The lowest BCUT2D eigenvalue weighted by Crippen LogP contribution is -2.37. The molecular weight excluding hydrogens is 261 g/mol. The van der Waals surface area contributed by atoms with E-state index in [-0.39, 0.29) is 5.97 Å². The summed E-state index contributed by atoms with van der Waals surface area (Å²) in [5.41, 5.74) is 1.01. The largest absolute Gasteiger partial charge is 0.468 e. The summed E-state index contributed by atoms with van der Waals surface area (Å²) in [5, 5.41) is 2.99. The number of hydrogen-bond donors (Lipinski definition) is 1. The predicted octanol–water partition coefficient (Wildman–Crippen LogP) is 2.56. The molecule has 0 aliphatic carbocycles. The first-order chi connectivity index (χ1) is 9.13. The Morgan fingerprint density at radius 1 is 1.42 bits per heavy atom. The molecular formula is C14H18NO3P. The van der Waals surface area contributed by atoms with Crippen LogP contribution in [0.4, 0.5) is 0 Å². The highest BCUT2D eigenvalue weighted by Gasteiger charge is 2.29. The Morgan fingerprint density at radius 2 is 2.16 bits per heavy atom. The van der Waals surface area contributed by atoms with Crippen molar-refractivity contribution in [1.29, 1.82) is 0 Å². The van der Waals surface area contributed by atoms with Gasteiger partial charge in [0.25, 0.3) is 0 Å². The van der Waals surface area contributed by atoms with Crippen molar-refractivity contribution < 1.29 is 14.1 Å². The maximum atomic E-state index is 12.4. The third-order valence-electron chi connectivity index (χ3n) is 3.12. The normalized spacial score (nSPS) is 23.2. The number of ether oxygens (including phenoxy) is 1. The predicted molar refractivity (Wildman–Crippen MR) is 75.3 cm³/mol.